The summed E-state index contributed by atoms with van der Waals surface area (Å²) in [4.78, 5) is 11.9. The molecule has 0 aliphatic carbocycles. The highest BCUT2D eigenvalue weighted by molar-refractivity contribution is 6.99. The Balaban J connectivity index is 1.58. The third-order valence-electron chi connectivity index (χ3n) is 7.06. The van der Waals surface area contributed by atoms with Gasteiger partial charge in [0.2, 0.25) is 0 Å². The Morgan fingerprint density at radius 2 is 1.58 bits per heavy atom. The van der Waals surface area contributed by atoms with Crippen molar-refractivity contribution in [3.8, 4) is 0 Å². The van der Waals surface area contributed by atoms with Crippen molar-refractivity contribution in [1.29, 1.82) is 0 Å². The number of ketones is 1. The minimum Gasteiger partial charge on any atom is -0.405 e. The van der Waals surface area contributed by atoms with Crippen LogP contribution in [-0.2, 0) is 18.7 Å². The van der Waals surface area contributed by atoms with Gasteiger partial charge in [-0.3, -0.25) is 4.79 Å². The fraction of sp³-hybridized carbons (Fsp3) is 0.464. The van der Waals surface area contributed by atoms with Gasteiger partial charge in [-0.15, -0.1) is 0 Å². The summed E-state index contributed by atoms with van der Waals surface area (Å²) >= 11 is 0. The molecule has 1 saturated heterocycles. The van der Waals surface area contributed by atoms with Crippen LogP contribution in [0.5, 0.6) is 0 Å². The lowest BCUT2D eigenvalue weighted by Gasteiger charge is -2.43. The van der Waals surface area contributed by atoms with Crippen molar-refractivity contribution >= 4 is 24.5 Å². The molecule has 2 heterocycles. The predicted octanol–water partition coefficient (Wildman–Crippen LogP) is 4.41. The molecular weight excluding hydrogens is 428 g/mol. The number of hydrogen-bond donors (Lipinski definition) is 0. The summed E-state index contributed by atoms with van der Waals surface area (Å²) in [6.07, 6.45) is 4.79. The molecule has 2 aromatic carbocycles. The maximum absolute atomic E-state index is 11.9. The normalized spacial score (nSPS) is 28.3. The first-order valence-electron chi connectivity index (χ1n) is 12.0. The number of hydrogen-bond acceptors (Lipinski definition) is 4. The van der Waals surface area contributed by atoms with Crippen LogP contribution in [0.2, 0.25) is 5.04 Å². The standard InChI is InChI=1S/C28H36O4Si/c1-21-25(29)18-19-28(5,32-21)26-17-16-22(31-26)20-30-33(27(2,3)4,23-12-8-6-9-13-23)24-14-10-7-11-15-24/h6-15,18-19,21-22,26H,16-17,20H2,1-5H3/t21?,22-,26+,28+/m0/s1. The Morgan fingerprint density at radius 1 is 1.00 bits per heavy atom. The molecule has 0 amide bonds. The molecule has 2 aliphatic rings. The molecule has 4 nitrogen and oxygen atoms in total. The molecule has 0 radical (unpaired) electrons. The summed E-state index contributed by atoms with van der Waals surface area (Å²) in [6.45, 7) is 11.2. The minimum absolute atomic E-state index is 0.00147. The first-order chi connectivity index (χ1) is 15.7. The Labute approximate surface area is 199 Å². The maximum atomic E-state index is 11.9. The van der Waals surface area contributed by atoms with E-state index in [0.717, 1.165) is 12.8 Å². The molecule has 0 aromatic heterocycles. The van der Waals surface area contributed by atoms with Crippen molar-refractivity contribution in [2.45, 2.75) is 76.4 Å². The fourth-order valence-electron chi connectivity index (χ4n) is 5.27. The van der Waals surface area contributed by atoms with Gasteiger partial charge in [-0.2, -0.15) is 0 Å². The number of ether oxygens (including phenoxy) is 2. The summed E-state index contributed by atoms with van der Waals surface area (Å²) in [7, 11) is -2.59. The number of carbonyl (C=O) groups is 1. The minimum atomic E-state index is -2.59. The van der Waals surface area contributed by atoms with Crippen LogP contribution in [0.25, 0.3) is 0 Å². The van der Waals surface area contributed by atoms with Gasteiger partial charge in [0, 0.05) is 0 Å². The first-order valence-corrected chi connectivity index (χ1v) is 13.9. The van der Waals surface area contributed by atoms with E-state index in [-0.39, 0.29) is 23.0 Å². The van der Waals surface area contributed by atoms with E-state index in [2.05, 4.69) is 81.4 Å². The Kier molecular flexibility index (Phi) is 6.79. The van der Waals surface area contributed by atoms with Crippen molar-refractivity contribution in [2.24, 2.45) is 0 Å². The zero-order valence-electron chi connectivity index (χ0n) is 20.4. The number of rotatable bonds is 6. The van der Waals surface area contributed by atoms with Gasteiger partial charge in [0.1, 0.15) is 11.7 Å². The quantitative estimate of drug-likeness (QED) is 0.594. The van der Waals surface area contributed by atoms with Crippen LogP contribution >= 0.6 is 0 Å². The van der Waals surface area contributed by atoms with Crippen molar-refractivity contribution in [2.75, 3.05) is 6.61 Å². The summed E-state index contributed by atoms with van der Waals surface area (Å²) in [5.74, 6) is 0.0111. The molecule has 4 atom stereocenters. The molecule has 1 fully saturated rings. The molecule has 0 N–H and O–H groups in total. The molecule has 4 rings (SSSR count). The van der Waals surface area contributed by atoms with Crippen molar-refractivity contribution in [3.63, 3.8) is 0 Å². The molecule has 0 spiro atoms. The third kappa shape index (κ3) is 4.65. The second-order valence-electron chi connectivity index (χ2n) is 10.5. The highest BCUT2D eigenvalue weighted by atomic mass is 28.4. The zero-order valence-corrected chi connectivity index (χ0v) is 21.4. The highest BCUT2D eigenvalue weighted by Crippen LogP contribution is 2.39. The molecule has 0 saturated carbocycles. The van der Waals surface area contributed by atoms with Crippen LogP contribution < -0.4 is 10.4 Å². The van der Waals surface area contributed by atoms with Gasteiger partial charge in [0.15, 0.2) is 5.78 Å². The Morgan fingerprint density at radius 3 is 2.09 bits per heavy atom. The lowest BCUT2D eigenvalue weighted by atomic mass is 9.92. The molecule has 176 valence electrons. The number of carbonyl (C=O) groups excluding carboxylic acids is 1. The average Bonchev–Trinajstić information content (AvgIpc) is 3.28. The smallest absolute Gasteiger partial charge is 0.261 e. The molecule has 33 heavy (non-hydrogen) atoms. The van der Waals surface area contributed by atoms with E-state index in [1.807, 2.05) is 19.9 Å². The first kappa shape index (κ1) is 24.1. The van der Waals surface area contributed by atoms with E-state index in [1.165, 1.54) is 10.4 Å². The number of benzene rings is 2. The van der Waals surface area contributed by atoms with Crippen LogP contribution in [0, 0.1) is 0 Å². The van der Waals surface area contributed by atoms with E-state index in [4.69, 9.17) is 13.9 Å². The summed E-state index contributed by atoms with van der Waals surface area (Å²) in [5.41, 5.74) is -0.584. The highest BCUT2D eigenvalue weighted by Gasteiger charge is 2.51. The lowest BCUT2D eigenvalue weighted by molar-refractivity contribution is -0.155. The van der Waals surface area contributed by atoms with E-state index in [9.17, 15) is 4.79 Å². The van der Waals surface area contributed by atoms with Crippen LogP contribution in [0.4, 0.5) is 0 Å². The van der Waals surface area contributed by atoms with E-state index < -0.39 is 20.0 Å². The van der Waals surface area contributed by atoms with Gasteiger partial charge in [-0.1, -0.05) is 81.4 Å². The average molecular weight is 465 g/mol. The zero-order chi connectivity index (χ0) is 23.7. The largest absolute Gasteiger partial charge is 0.405 e. The van der Waals surface area contributed by atoms with Crippen molar-refractivity contribution < 1.29 is 18.7 Å². The van der Waals surface area contributed by atoms with Gasteiger partial charge in [-0.25, -0.2) is 0 Å². The fourth-order valence-corrected chi connectivity index (χ4v) is 9.87. The van der Waals surface area contributed by atoms with E-state index in [1.54, 1.807) is 6.08 Å². The van der Waals surface area contributed by atoms with Gasteiger partial charge >= 0.3 is 0 Å². The molecule has 2 aromatic rings. The van der Waals surface area contributed by atoms with Gasteiger partial charge in [0.05, 0.1) is 18.8 Å². The van der Waals surface area contributed by atoms with Crippen LogP contribution in [0.15, 0.2) is 72.8 Å². The Hall–Kier alpha value is -2.05. The third-order valence-corrected chi connectivity index (χ3v) is 12.1. The monoisotopic (exact) mass is 464 g/mol. The summed E-state index contributed by atoms with van der Waals surface area (Å²) in [5, 5.41) is 2.48. The van der Waals surface area contributed by atoms with E-state index >= 15 is 0 Å². The van der Waals surface area contributed by atoms with Crippen LogP contribution in [-0.4, -0.2) is 44.6 Å². The van der Waals surface area contributed by atoms with Gasteiger partial charge in [-0.05, 0) is 54.3 Å². The molecule has 5 heteroatoms. The lowest BCUT2D eigenvalue weighted by Crippen LogP contribution is -2.67. The second kappa shape index (κ2) is 9.30. The summed E-state index contributed by atoms with van der Waals surface area (Å²) < 4.78 is 19.6. The Bertz CT molecular complexity index is 942. The second-order valence-corrected chi connectivity index (χ2v) is 14.8. The topological polar surface area (TPSA) is 44.8 Å². The predicted molar refractivity (Wildman–Crippen MR) is 135 cm³/mol. The molecule has 0 bridgehead atoms. The van der Waals surface area contributed by atoms with Gasteiger partial charge < -0.3 is 13.9 Å². The molecular formula is C28H36O4Si. The van der Waals surface area contributed by atoms with Crippen molar-refractivity contribution in [3.05, 3.63) is 72.8 Å². The molecule has 2 aliphatic heterocycles. The SMILES string of the molecule is CC1O[C@@](C)([C@H]2CC[C@@H](CO[Si](c3ccccc3)(c3ccccc3)C(C)(C)C)O2)C=CC1=O. The van der Waals surface area contributed by atoms with Crippen LogP contribution in [0.3, 0.4) is 0 Å². The van der Waals surface area contributed by atoms with Crippen LogP contribution in [0.1, 0.15) is 47.5 Å². The van der Waals surface area contributed by atoms with Gasteiger partial charge in [0.25, 0.3) is 8.32 Å². The maximum Gasteiger partial charge on any atom is 0.261 e. The summed E-state index contributed by atoms with van der Waals surface area (Å²) in [6, 6.07) is 21.4. The van der Waals surface area contributed by atoms with E-state index in [0.29, 0.717) is 6.61 Å². The molecule has 1 unspecified atom stereocenters. The van der Waals surface area contributed by atoms with Crippen molar-refractivity contribution in [1.82, 2.24) is 0 Å².